The lowest BCUT2D eigenvalue weighted by Gasteiger charge is -2.45. The SMILES string of the molecule is CC[C@H]1O[C@H](c2cccc(Br)c2C)[C@@H](OC(=O)C(C)(C)C)[C@@H](C)[C@@H]1C. The summed E-state index contributed by atoms with van der Waals surface area (Å²) in [6, 6.07) is 6.13. The molecule has 140 valence electrons. The fourth-order valence-electron chi connectivity index (χ4n) is 3.42. The Morgan fingerprint density at radius 1 is 1.24 bits per heavy atom. The first-order valence-electron chi connectivity index (χ1n) is 9.19. The van der Waals surface area contributed by atoms with Gasteiger partial charge in [-0.05, 0) is 57.2 Å². The van der Waals surface area contributed by atoms with Gasteiger partial charge in [-0.1, -0.05) is 48.8 Å². The van der Waals surface area contributed by atoms with Gasteiger partial charge in [0, 0.05) is 10.4 Å². The van der Waals surface area contributed by atoms with Crippen molar-refractivity contribution in [3.63, 3.8) is 0 Å². The molecule has 2 rings (SSSR count). The highest BCUT2D eigenvalue weighted by Gasteiger charge is 2.45. The molecule has 5 atom stereocenters. The standard InChI is InChI=1S/C21H31BrO3/c1-8-17-12(2)13(3)18(25-20(23)21(5,6)7)19(24-17)15-10-9-11-16(22)14(15)4/h9-13,17-19H,8H2,1-7H3/t12-,13-,17+,18-,19+/m0/s1. The Hall–Kier alpha value is -0.870. The van der Waals surface area contributed by atoms with Gasteiger partial charge in [-0.3, -0.25) is 4.79 Å². The van der Waals surface area contributed by atoms with Crippen molar-refractivity contribution in [2.75, 3.05) is 0 Å². The normalized spacial score (nSPS) is 30.2. The average Bonchev–Trinajstić information content (AvgIpc) is 2.54. The van der Waals surface area contributed by atoms with Crippen molar-refractivity contribution in [2.45, 2.75) is 73.2 Å². The maximum Gasteiger partial charge on any atom is 0.311 e. The molecule has 0 bridgehead atoms. The molecule has 0 aromatic heterocycles. The van der Waals surface area contributed by atoms with E-state index in [4.69, 9.17) is 9.47 Å². The molecule has 25 heavy (non-hydrogen) atoms. The van der Waals surface area contributed by atoms with Gasteiger partial charge in [-0.15, -0.1) is 0 Å². The van der Waals surface area contributed by atoms with Gasteiger partial charge in [0.15, 0.2) is 0 Å². The van der Waals surface area contributed by atoms with Crippen molar-refractivity contribution < 1.29 is 14.3 Å². The third kappa shape index (κ3) is 4.28. The topological polar surface area (TPSA) is 35.5 Å². The lowest BCUT2D eigenvalue weighted by Crippen LogP contribution is -2.48. The zero-order valence-electron chi connectivity index (χ0n) is 16.4. The van der Waals surface area contributed by atoms with E-state index in [0.717, 1.165) is 22.0 Å². The van der Waals surface area contributed by atoms with E-state index in [1.165, 1.54) is 0 Å². The molecule has 1 aromatic carbocycles. The van der Waals surface area contributed by atoms with Crippen LogP contribution in [0.25, 0.3) is 0 Å². The highest BCUT2D eigenvalue weighted by atomic mass is 79.9. The first kappa shape index (κ1) is 20.4. The predicted octanol–water partition coefficient (Wildman–Crippen LogP) is 5.84. The Morgan fingerprint density at radius 2 is 1.88 bits per heavy atom. The number of hydrogen-bond donors (Lipinski definition) is 0. The number of carbonyl (C=O) groups is 1. The van der Waals surface area contributed by atoms with Crippen LogP contribution in [0, 0.1) is 24.2 Å². The molecule has 0 unspecified atom stereocenters. The summed E-state index contributed by atoms with van der Waals surface area (Å²) in [6.07, 6.45) is 0.607. The second-order valence-electron chi connectivity index (χ2n) is 8.30. The molecule has 1 heterocycles. The highest BCUT2D eigenvalue weighted by Crippen LogP contribution is 2.43. The fourth-order valence-corrected chi connectivity index (χ4v) is 3.80. The van der Waals surface area contributed by atoms with Gasteiger partial charge in [0.25, 0.3) is 0 Å². The van der Waals surface area contributed by atoms with Gasteiger partial charge in [-0.2, -0.15) is 0 Å². The molecule has 0 amide bonds. The Kier molecular flexibility index (Phi) is 6.37. The summed E-state index contributed by atoms with van der Waals surface area (Å²) in [5.41, 5.74) is 1.71. The summed E-state index contributed by atoms with van der Waals surface area (Å²) in [4.78, 5) is 12.6. The molecule has 1 aliphatic rings. The molecular weight excluding hydrogens is 380 g/mol. The summed E-state index contributed by atoms with van der Waals surface area (Å²) in [5, 5.41) is 0. The van der Waals surface area contributed by atoms with Crippen LogP contribution >= 0.6 is 15.9 Å². The van der Waals surface area contributed by atoms with E-state index in [1.807, 2.05) is 32.9 Å². The Labute approximate surface area is 160 Å². The molecule has 0 N–H and O–H groups in total. The lowest BCUT2D eigenvalue weighted by atomic mass is 9.78. The molecule has 1 aliphatic heterocycles. The number of halogens is 1. The van der Waals surface area contributed by atoms with Gasteiger partial charge in [0.2, 0.25) is 0 Å². The van der Waals surface area contributed by atoms with E-state index in [9.17, 15) is 4.79 Å². The minimum Gasteiger partial charge on any atom is -0.459 e. The monoisotopic (exact) mass is 410 g/mol. The van der Waals surface area contributed by atoms with Gasteiger partial charge in [0.05, 0.1) is 11.5 Å². The average molecular weight is 411 g/mol. The highest BCUT2D eigenvalue weighted by molar-refractivity contribution is 9.10. The fraction of sp³-hybridized carbons (Fsp3) is 0.667. The molecule has 1 saturated heterocycles. The maximum atomic E-state index is 12.6. The van der Waals surface area contributed by atoms with Crippen LogP contribution in [0.15, 0.2) is 22.7 Å². The van der Waals surface area contributed by atoms with E-state index in [-0.39, 0.29) is 30.2 Å². The van der Waals surface area contributed by atoms with E-state index >= 15 is 0 Å². The molecular formula is C21H31BrO3. The lowest BCUT2D eigenvalue weighted by molar-refractivity contribution is -0.204. The van der Waals surface area contributed by atoms with E-state index < -0.39 is 5.41 Å². The second kappa shape index (κ2) is 7.79. The van der Waals surface area contributed by atoms with Gasteiger partial charge < -0.3 is 9.47 Å². The number of rotatable bonds is 3. The zero-order chi connectivity index (χ0) is 18.9. The van der Waals surface area contributed by atoms with Crippen LogP contribution < -0.4 is 0 Å². The van der Waals surface area contributed by atoms with Crippen molar-refractivity contribution in [1.82, 2.24) is 0 Å². The number of ether oxygens (including phenoxy) is 2. The van der Waals surface area contributed by atoms with Crippen LogP contribution in [0.5, 0.6) is 0 Å². The maximum absolute atomic E-state index is 12.6. The Bertz CT molecular complexity index is 620. The van der Waals surface area contributed by atoms with Crippen molar-refractivity contribution in [2.24, 2.45) is 17.3 Å². The van der Waals surface area contributed by atoms with E-state index in [0.29, 0.717) is 5.92 Å². The van der Waals surface area contributed by atoms with Crippen molar-refractivity contribution in [3.8, 4) is 0 Å². The summed E-state index contributed by atoms with van der Waals surface area (Å²) >= 11 is 3.61. The number of carbonyl (C=O) groups excluding carboxylic acids is 1. The molecule has 1 aromatic rings. The van der Waals surface area contributed by atoms with Crippen LogP contribution in [0.2, 0.25) is 0 Å². The number of esters is 1. The zero-order valence-corrected chi connectivity index (χ0v) is 18.0. The van der Waals surface area contributed by atoms with Crippen molar-refractivity contribution in [3.05, 3.63) is 33.8 Å². The minimum atomic E-state index is -0.526. The third-order valence-electron chi connectivity index (χ3n) is 5.43. The summed E-state index contributed by atoms with van der Waals surface area (Å²) in [5.74, 6) is 0.396. The van der Waals surface area contributed by atoms with Crippen LogP contribution in [0.1, 0.15) is 65.2 Å². The summed E-state index contributed by atoms with van der Waals surface area (Å²) < 4.78 is 13.5. The number of hydrogen-bond acceptors (Lipinski definition) is 3. The minimum absolute atomic E-state index is 0.169. The molecule has 0 aliphatic carbocycles. The van der Waals surface area contributed by atoms with Gasteiger partial charge >= 0.3 is 5.97 Å². The van der Waals surface area contributed by atoms with Crippen molar-refractivity contribution >= 4 is 21.9 Å². The predicted molar refractivity (Wildman–Crippen MR) is 104 cm³/mol. The quantitative estimate of drug-likeness (QED) is 0.587. The van der Waals surface area contributed by atoms with Gasteiger partial charge in [0.1, 0.15) is 12.2 Å². The van der Waals surface area contributed by atoms with E-state index in [2.05, 4.69) is 49.7 Å². The molecule has 3 nitrogen and oxygen atoms in total. The van der Waals surface area contributed by atoms with Crippen LogP contribution in [-0.2, 0) is 14.3 Å². The largest absolute Gasteiger partial charge is 0.459 e. The summed E-state index contributed by atoms with van der Waals surface area (Å²) in [7, 11) is 0. The first-order valence-corrected chi connectivity index (χ1v) is 9.98. The van der Waals surface area contributed by atoms with Crippen LogP contribution in [0.3, 0.4) is 0 Å². The Balaban J connectivity index is 2.43. The van der Waals surface area contributed by atoms with Crippen molar-refractivity contribution in [1.29, 1.82) is 0 Å². The summed E-state index contributed by atoms with van der Waals surface area (Å²) in [6.45, 7) is 14.3. The second-order valence-corrected chi connectivity index (χ2v) is 9.15. The molecule has 1 fully saturated rings. The molecule has 0 radical (unpaired) electrons. The number of benzene rings is 1. The smallest absolute Gasteiger partial charge is 0.311 e. The Morgan fingerprint density at radius 3 is 2.44 bits per heavy atom. The van der Waals surface area contributed by atoms with Crippen LogP contribution in [-0.4, -0.2) is 18.2 Å². The third-order valence-corrected chi connectivity index (χ3v) is 6.29. The molecule has 0 saturated carbocycles. The van der Waals surface area contributed by atoms with E-state index in [1.54, 1.807) is 0 Å². The molecule has 4 heteroatoms. The van der Waals surface area contributed by atoms with Crippen LogP contribution in [0.4, 0.5) is 0 Å². The molecule has 0 spiro atoms. The first-order chi connectivity index (χ1) is 11.6. The van der Waals surface area contributed by atoms with Gasteiger partial charge in [-0.25, -0.2) is 0 Å².